The Morgan fingerprint density at radius 1 is 1.18 bits per heavy atom. The van der Waals surface area contributed by atoms with E-state index in [1.165, 1.54) is 30.5 Å². The Bertz CT molecular complexity index is 335. The van der Waals surface area contributed by atoms with Crippen LogP contribution in [0, 0.1) is 0 Å². The zero-order valence-electron chi connectivity index (χ0n) is 10.9. The summed E-state index contributed by atoms with van der Waals surface area (Å²) in [6.07, 6.45) is 8.20. The van der Waals surface area contributed by atoms with E-state index in [1.807, 2.05) is 0 Å². The highest BCUT2D eigenvalue weighted by Crippen LogP contribution is 2.07. The normalized spacial score (nSPS) is 10.7. The largest absolute Gasteiger partial charge is 0.299 e. The lowest BCUT2D eigenvalue weighted by molar-refractivity contribution is -0.118. The van der Waals surface area contributed by atoms with Gasteiger partial charge in [0.05, 0.1) is 13.5 Å². The standard InChI is InChI=1S/C12H22N4O/c1-3-4-5-6-7-8-9-11(17)10-12-13-15-16(2)14-12/h3-10H2,1-2H3. The molecule has 1 aromatic heterocycles. The maximum atomic E-state index is 11.6. The van der Waals surface area contributed by atoms with Gasteiger partial charge >= 0.3 is 0 Å². The molecule has 96 valence electrons. The topological polar surface area (TPSA) is 60.7 Å². The van der Waals surface area contributed by atoms with Crippen LogP contribution in [0.3, 0.4) is 0 Å². The van der Waals surface area contributed by atoms with Crippen molar-refractivity contribution in [2.45, 2.75) is 58.3 Å². The SMILES string of the molecule is CCCCCCCCC(=O)Cc1nnn(C)n1. The van der Waals surface area contributed by atoms with Crippen LogP contribution in [-0.4, -0.2) is 26.0 Å². The van der Waals surface area contributed by atoms with Gasteiger partial charge in [0.15, 0.2) is 5.82 Å². The maximum absolute atomic E-state index is 11.6. The molecule has 1 aromatic rings. The number of tetrazole rings is 1. The molecule has 0 atom stereocenters. The fraction of sp³-hybridized carbons (Fsp3) is 0.833. The van der Waals surface area contributed by atoms with Gasteiger partial charge in [-0.3, -0.25) is 4.79 Å². The molecule has 0 fully saturated rings. The smallest absolute Gasteiger partial charge is 0.182 e. The van der Waals surface area contributed by atoms with Crippen LogP contribution < -0.4 is 0 Å². The Morgan fingerprint density at radius 3 is 2.53 bits per heavy atom. The lowest BCUT2D eigenvalue weighted by Gasteiger charge is -1.99. The van der Waals surface area contributed by atoms with E-state index in [0.29, 0.717) is 18.7 Å². The molecule has 0 aliphatic carbocycles. The minimum atomic E-state index is 0.216. The minimum Gasteiger partial charge on any atom is -0.299 e. The fourth-order valence-electron chi connectivity index (χ4n) is 1.76. The summed E-state index contributed by atoms with van der Waals surface area (Å²) in [6, 6.07) is 0. The molecule has 0 saturated heterocycles. The highest BCUT2D eigenvalue weighted by molar-refractivity contribution is 5.79. The summed E-state index contributed by atoms with van der Waals surface area (Å²) in [5.41, 5.74) is 0. The van der Waals surface area contributed by atoms with Gasteiger partial charge in [-0.05, 0) is 11.6 Å². The average Bonchev–Trinajstić information content (AvgIpc) is 2.69. The lowest BCUT2D eigenvalue weighted by Crippen LogP contribution is -2.04. The molecular formula is C12H22N4O. The molecule has 0 unspecified atom stereocenters. The van der Waals surface area contributed by atoms with Gasteiger partial charge in [-0.25, -0.2) is 0 Å². The third kappa shape index (κ3) is 6.14. The van der Waals surface area contributed by atoms with E-state index in [2.05, 4.69) is 22.3 Å². The molecule has 5 heteroatoms. The average molecular weight is 238 g/mol. The molecule has 17 heavy (non-hydrogen) atoms. The molecule has 0 saturated carbocycles. The lowest BCUT2D eigenvalue weighted by atomic mass is 10.1. The molecule has 1 rings (SSSR count). The van der Waals surface area contributed by atoms with Crippen molar-refractivity contribution in [2.24, 2.45) is 7.05 Å². The molecule has 0 bridgehead atoms. The molecule has 1 heterocycles. The summed E-state index contributed by atoms with van der Waals surface area (Å²) in [5.74, 6) is 0.747. The second-order valence-corrected chi connectivity index (χ2v) is 4.43. The molecular weight excluding hydrogens is 216 g/mol. The van der Waals surface area contributed by atoms with E-state index in [0.717, 1.165) is 12.8 Å². The molecule has 0 N–H and O–H groups in total. The molecule has 0 aromatic carbocycles. The van der Waals surface area contributed by atoms with E-state index in [4.69, 9.17) is 0 Å². The number of hydrogen-bond donors (Lipinski definition) is 0. The van der Waals surface area contributed by atoms with Gasteiger partial charge in [0.1, 0.15) is 5.78 Å². The van der Waals surface area contributed by atoms with Crippen molar-refractivity contribution in [3.8, 4) is 0 Å². The van der Waals surface area contributed by atoms with Crippen LogP contribution in [0.2, 0.25) is 0 Å². The first-order chi connectivity index (χ1) is 8.22. The summed E-state index contributed by atoms with van der Waals surface area (Å²) in [4.78, 5) is 13.0. The third-order valence-corrected chi connectivity index (χ3v) is 2.71. The van der Waals surface area contributed by atoms with Gasteiger partial charge in [-0.15, -0.1) is 10.2 Å². The second kappa shape index (κ2) is 7.92. The summed E-state index contributed by atoms with van der Waals surface area (Å²) in [7, 11) is 1.70. The van der Waals surface area contributed by atoms with Crippen molar-refractivity contribution >= 4 is 5.78 Å². The summed E-state index contributed by atoms with van der Waals surface area (Å²) in [6.45, 7) is 2.21. The molecule has 0 amide bonds. The molecule has 0 aliphatic heterocycles. The summed E-state index contributed by atoms with van der Waals surface area (Å²) < 4.78 is 0. The first-order valence-electron chi connectivity index (χ1n) is 6.47. The second-order valence-electron chi connectivity index (χ2n) is 4.43. The van der Waals surface area contributed by atoms with E-state index in [1.54, 1.807) is 7.05 Å². The highest BCUT2D eigenvalue weighted by Gasteiger charge is 2.07. The zero-order valence-corrected chi connectivity index (χ0v) is 10.9. The quantitative estimate of drug-likeness (QED) is 0.618. The predicted molar refractivity (Wildman–Crippen MR) is 65.5 cm³/mol. The number of Topliss-reactive ketones (excluding diaryl/α,β-unsaturated/α-hetero) is 1. The van der Waals surface area contributed by atoms with Crippen molar-refractivity contribution in [3.05, 3.63) is 5.82 Å². The number of rotatable bonds is 9. The van der Waals surface area contributed by atoms with Gasteiger partial charge in [0, 0.05) is 6.42 Å². The molecule has 0 spiro atoms. The fourth-order valence-corrected chi connectivity index (χ4v) is 1.76. The summed E-state index contributed by atoms with van der Waals surface area (Å²) in [5, 5.41) is 11.5. The van der Waals surface area contributed by atoms with Crippen molar-refractivity contribution < 1.29 is 4.79 Å². The van der Waals surface area contributed by atoms with Crippen LogP contribution in [0.25, 0.3) is 0 Å². The van der Waals surface area contributed by atoms with Crippen LogP contribution in [0.1, 0.15) is 57.7 Å². The van der Waals surface area contributed by atoms with Crippen molar-refractivity contribution in [2.75, 3.05) is 0 Å². The van der Waals surface area contributed by atoms with Gasteiger partial charge in [-0.1, -0.05) is 39.0 Å². The van der Waals surface area contributed by atoms with E-state index >= 15 is 0 Å². The van der Waals surface area contributed by atoms with Crippen LogP contribution in [-0.2, 0) is 18.3 Å². The van der Waals surface area contributed by atoms with Crippen LogP contribution in [0.4, 0.5) is 0 Å². The maximum Gasteiger partial charge on any atom is 0.182 e. The number of ketones is 1. The molecule has 0 aliphatic rings. The van der Waals surface area contributed by atoms with Gasteiger partial charge in [-0.2, -0.15) is 4.80 Å². The van der Waals surface area contributed by atoms with Gasteiger partial charge in [0.2, 0.25) is 0 Å². The van der Waals surface area contributed by atoms with Crippen LogP contribution >= 0.6 is 0 Å². The first kappa shape index (κ1) is 13.8. The van der Waals surface area contributed by atoms with Crippen LogP contribution in [0.15, 0.2) is 0 Å². The third-order valence-electron chi connectivity index (χ3n) is 2.71. The van der Waals surface area contributed by atoms with E-state index < -0.39 is 0 Å². The first-order valence-corrected chi connectivity index (χ1v) is 6.47. The minimum absolute atomic E-state index is 0.216. The Morgan fingerprint density at radius 2 is 1.88 bits per heavy atom. The van der Waals surface area contributed by atoms with Crippen molar-refractivity contribution in [1.82, 2.24) is 20.2 Å². The number of aryl methyl sites for hydroxylation is 1. The highest BCUT2D eigenvalue weighted by atomic mass is 16.1. The number of hydrogen-bond acceptors (Lipinski definition) is 4. The molecule has 5 nitrogen and oxygen atoms in total. The Labute approximate surface area is 103 Å². The van der Waals surface area contributed by atoms with E-state index in [-0.39, 0.29) is 5.78 Å². The van der Waals surface area contributed by atoms with Crippen molar-refractivity contribution in [1.29, 1.82) is 0 Å². The van der Waals surface area contributed by atoms with Crippen molar-refractivity contribution in [3.63, 3.8) is 0 Å². The number of nitrogens with zero attached hydrogens (tertiary/aromatic N) is 4. The monoisotopic (exact) mass is 238 g/mol. The summed E-state index contributed by atoms with van der Waals surface area (Å²) >= 11 is 0. The van der Waals surface area contributed by atoms with Gasteiger partial charge in [0.25, 0.3) is 0 Å². The van der Waals surface area contributed by atoms with E-state index in [9.17, 15) is 4.79 Å². The van der Waals surface area contributed by atoms with Gasteiger partial charge < -0.3 is 0 Å². The Hall–Kier alpha value is -1.26. The predicted octanol–water partition coefficient (Wildman–Crippen LogP) is 2.07. The Balaban J connectivity index is 2.05. The zero-order chi connectivity index (χ0) is 12.5. The van der Waals surface area contributed by atoms with Crippen LogP contribution in [0.5, 0.6) is 0 Å². The number of carbonyl (C=O) groups excluding carboxylic acids is 1. The number of unbranched alkanes of at least 4 members (excludes halogenated alkanes) is 5. The molecule has 0 radical (unpaired) electrons. The Kier molecular flexibility index (Phi) is 6.43. The number of carbonyl (C=O) groups is 1. The number of aromatic nitrogens is 4.